The standard InChI is InChI=1S/C27H31FN4O5S/c1-18-15-32(19(2)17-33)38(35,36)26-9-4-21(20-10-12-29-13-11-20)14-24(26)37-25(18)16-31(3)27(34)30-23-7-5-22(28)6-8-23/h4-14,18-19,25,33H,15-17H2,1-3H3,(H,30,34)/t18-,19-,25-/m0/s1. The Hall–Kier alpha value is -3.54. The summed E-state index contributed by atoms with van der Waals surface area (Å²) in [7, 11) is -2.38. The van der Waals surface area contributed by atoms with Gasteiger partial charge in [-0.25, -0.2) is 17.6 Å². The molecule has 0 radical (unpaired) electrons. The van der Waals surface area contributed by atoms with Crippen molar-refractivity contribution in [3.05, 3.63) is 72.8 Å². The fourth-order valence-corrected chi connectivity index (χ4v) is 6.10. The van der Waals surface area contributed by atoms with Gasteiger partial charge in [-0.2, -0.15) is 4.31 Å². The molecule has 0 saturated heterocycles. The maximum absolute atomic E-state index is 13.7. The normalized spacial score (nSPS) is 19.8. The lowest BCUT2D eigenvalue weighted by Crippen LogP contribution is -2.50. The number of nitrogens with zero attached hydrogens (tertiary/aromatic N) is 3. The number of nitrogens with one attached hydrogen (secondary N) is 1. The summed E-state index contributed by atoms with van der Waals surface area (Å²) in [5.74, 6) is -0.578. The zero-order valence-corrected chi connectivity index (χ0v) is 22.2. The fourth-order valence-electron chi connectivity index (χ4n) is 4.27. The van der Waals surface area contributed by atoms with Gasteiger partial charge in [0.2, 0.25) is 10.0 Å². The summed E-state index contributed by atoms with van der Waals surface area (Å²) in [6, 6.07) is 12.9. The van der Waals surface area contributed by atoms with Crippen LogP contribution in [-0.2, 0) is 10.0 Å². The summed E-state index contributed by atoms with van der Waals surface area (Å²) in [5, 5.41) is 12.5. The van der Waals surface area contributed by atoms with Crippen molar-refractivity contribution < 1.29 is 27.4 Å². The summed E-state index contributed by atoms with van der Waals surface area (Å²) in [6.07, 6.45) is 2.72. The second-order valence-electron chi connectivity index (χ2n) is 9.45. The Labute approximate surface area is 221 Å². The zero-order valence-electron chi connectivity index (χ0n) is 21.4. The lowest BCUT2D eigenvalue weighted by Gasteiger charge is -2.37. The predicted octanol–water partition coefficient (Wildman–Crippen LogP) is 3.82. The van der Waals surface area contributed by atoms with E-state index in [0.717, 1.165) is 11.1 Å². The number of anilines is 1. The molecule has 0 unspecified atom stereocenters. The quantitative estimate of drug-likeness (QED) is 0.490. The molecule has 0 saturated carbocycles. The van der Waals surface area contributed by atoms with E-state index in [1.54, 1.807) is 38.5 Å². The monoisotopic (exact) mass is 542 g/mol. The third-order valence-corrected chi connectivity index (χ3v) is 8.60. The molecular weight excluding hydrogens is 511 g/mol. The number of hydrogen-bond acceptors (Lipinski definition) is 6. The van der Waals surface area contributed by atoms with Crippen molar-refractivity contribution >= 4 is 21.7 Å². The number of urea groups is 1. The Bertz CT molecular complexity index is 1370. The van der Waals surface area contributed by atoms with E-state index in [1.165, 1.54) is 39.5 Å². The minimum absolute atomic E-state index is 0.00840. The summed E-state index contributed by atoms with van der Waals surface area (Å²) in [6.45, 7) is 3.39. The van der Waals surface area contributed by atoms with Crippen molar-refractivity contribution in [1.29, 1.82) is 0 Å². The number of hydrogen-bond donors (Lipinski definition) is 2. The van der Waals surface area contributed by atoms with Gasteiger partial charge in [-0.15, -0.1) is 0 Å². The van der Waals surface area contributed by atoms with E-state index in [2.05, 4.69) is 10.3 Å². The molecule has 202 valence electrons. The first-order valence-electron chi connectivity index (χ1n) is 12.2. The molecule has 2 N–H and O–H groups in total. The predicted molar refractivity (Wildman–Crippen MR) is 142 cm³/mol. The molecule has 1 aliphatic heterocycles. The first kappa shape index (κ1) is 27.5. The number of carbonyl (C=O) groups excluding carboxylic acids is 1. The number of fused-ring (bicyclic) bond motifs is 1. The molecule has 2 aromatic carbocycles. The van der Waals surface area contributed by atoms with Crippen molar-refractivity contribution in [2.45, 2.75) is 30.9 Å². The largest absolute Gasteiger partial charge is 0.487 e. The van der Waals surface area contributed by atoms with E-state index in [1.807, 2.05) is 19.1 Å². The number of aromatic nitrogens is 1. The summed E-state index contributed by atoms with van der Waals surface area (Å²) in [5.41, 5.74) is 2.03. The molecule has 3 aromatic rings. The van der Waals surface area contributed by atoms with Crippen LogP contribution in [0, 0.1) is 11.7 Å². The van der Waals surface area contributed by atoms with Gasteiger partial charge in [-0.3, -0.25) is 4.98 Å². The zero-order chi connectivity index (χ0) is 27.4. The molecular formula is C27H31FN4O5S. The molecule has 1 aromatic heterocycles. The highest BCUT2D eigenvalue weighted by atomic mass is 32.2. The highest BCUT2D eigenvalue weighted by molar-refractivity contribution is 7.89. The average Bonchev–Trinajstić information content (AvgIpc) is 2.91. The maximum atomic E-state index is 13.7. The molecule has 11 heteroatoms. The van der Waals surface area contributed by atoms with Gasteiger partial charge in [0, 0.05) is 43.6 Å². The molecule has 9 nitrogen and oxygen atoms in total. The van der Waals surface area contributed by atoms with Gasteiger partial charge in [0.25, 0.3) is 0 Å². The number of ether oxygens (including phenoxy) is 1. The van der Waals surface area contributed by atoms with E-state index >= 15 is 0 Å². The minimum Gasteiger partial charge on any atom is -0.487 e. The van der Waals surface area contributed by atoms with E-state index in [4.69, 9.17) is 4.74 Å². The number of rotatable bonds is 6. The van der Waals surface area contributed by atoms with Gasteiger partial charge < -0.3 is 20.1 Å². The van der Waals surface area contributed by atoms with Gasteiger partial charge in [-0.05, 0) is 66.6 Å². The molecule has 3 atom stereocenters. The van der Waals surface area contributed by atoms with Crippen LogP contribution >= 0.6 is 0 Å². The summed E-state index contributed by atoms with van der Waals surface area (Å²) < 4.78 is 48.2. The number of amides is 2. The van der Waals surface area contributed by atoms with Crippen LogP contribution in [0.5, 0.6) is 5.75 Å². The SMILES string of the molecule is C[C@H]1CN([C@@H](C)CO)S(=O)(=O)c2ccc(-c3ccncc3)cc2O[C@H]1CN(C)C(=O)Nc1ccc(F)cc1. The Morgan fingerprint density at radius 1 is 1.18 bits per heavy atom. The van der Waals surface area contributed by atoms with Crippen LogP contribution in [-0.4, -0.2) is 72.6 Å². The number of halogens is 1. The molecule has 0 fully saturated rings. The summed E-state index contributed by atoms with van der Waals surface area (Å²) in [4.78, 5) is 18.3. The molecule has 2 amide bonds. The van der Waals surface area contributed by atoms with Crippen LogP contribution in [0.4, 0.5) is 14.9 Å². The van der Waals surface area contributed by atoms with Gasteiger partial charge in [0.05, 0.1) is 13.2 Å². The molecule has 38 heavy (non-hydrogen) atoms. The number of benzene rings is 2. The Morgan fingerprint density at radius 2 is 1.87 bits per heavy atom. The Balaban J connectivity index is 1.67. The second-order valence-corrected chi connectivity index (χ2v) is 11.3. The number of likely N-dealkylation sites (N-methyl/N-ethyl adjacent to an activating group) is 1. The van der Waals surface area contributed by atoms with Crippen molar-refractivity contribution in [1.82, 2.24) is 14.2 Å². The van der Waals surface area contributed by atoms with Crippen molar-refractivity contribution in [2.75, 3.05) is 32.1 Å². The fraction of sp³-hybridized carbons (Fsp3) is 0.333. The molecule has 1 aliphatic rings. The van der Waals surface area contributed by atoms with Crippen molar-refractivity contribution in [3.63, 3.8) is 0 Å². The first-order chi connectivity index (χ1) is 18.1. The lowest BCUT2D eigenvalue weighted by atomic mass is 10.0. The highest BCUT2D eigenvalue weighted by Gasteiger charge is 2.38. The second kappa shape index (κ2) is 11.5. The van der Waals surface area contributed by atoms with Crippen LogP contribution in [0.3, 0.4) is 0 Å². The van der Waals surface area contributed by atoms with Crippen molar-refractivity contribution in [3.8, 4) is 16.9 Å². The Morgan fingerprint density at radius 3 is 2.53 bits per heavy atom. The van der Waals surface area contributed by atoms with E-state index in [9.17, 15) is 22.7 Å². The molecule has 2 heterocycles. The molecule has 0 bridgehead atoms. The van der Waals surface area contributed by atoms with Crippen LogP contribution in [0.15, 0.2) is 71.9 Å². The molecule has 4 rings (SSSR count). The smallest absolute Gasteiger partial charge is 0.321 e. The van der Waals surface area contributed by atoms with E-state index in [-0.39, 0.29) is 36.3 Å². The van der Waals surface area contributed by atoms with Crippen LogP contribution < -0.4 is 10.1 Å². The molecule has 0 aliphatic carbocycles. The third-order valence-electron chi connectivity index (χ3n) is 6.58. The van der Waals surface area contributed by atoms with Crippen LogP contribution in [0.1, 0.15) is 13.8 Å². The topological polar surface area (TPSA) is 112 Å². The summed E-state index contributed by atoms with van der Waals surface area (Å²) >= 11 is 0. The Kier molecular flexibility index (Phi) is 8.29. The van der Waals surface area contributed by atoms with E-state index in [0.29, 0.717) is 5.69 Å². The first-order valence-corrected chi connectivity index (χ1v) is 13.7. The maximum Gasteiger partial charge on any atom is 0.321 e. The van der Waals surface area contributed by atoms with Crippen LogP contribution in [0.25, 0.3) is 11.1 Å². The third kappa shape index (κ3) is 5.95. The van der Waals surface area contributed by atoms with Gasteiger partial charge in [0.15, 0.2) is 0 Å². The number of sulfonamides is 1. The minimum atomic E-state index is -3.99. The van der Waals surface area contributed by atoms with Gasteiger partial charge >= 0.3 is 6.03 Å². The number of aliphatic hydroxyl groups is 1. The highest BCUT2D eigenvalue weighted by Crippen LogP contribution is 2.36. The number of pyridine rings is 1. The van der Waals surface area contributed by atoms with E-state index < -0.39 is 34.0 Å². The molecule has 0 spiro atoms. The van der Waals surface area contributed by atoms with Crippen LogP contribution in [0.2, 0.25) is 0 Å². The number of carbonyl (C=O) groups is 1. The average molecular weight is 543 g/mol. The van der Waals surface area contributed by atoms with Crippen molar-refractivity contribution in [2.24, 2.45) is 5.92 Å². The van der Waals surface area contributed by atoms with Gasteiger partial charge in [0.1, 0.15) is 22.6 Å². The number of aliphatic hydroxyl groups excluding tert-OH is 1. The lowest BCUT2D eigenvalue weighted by molar-refractivity contribution is 0.0830. The van der Waals surface area contributed by atoms with Gasteiger partial charge in [-0.1, -0.05) is 13.0 Å².